The molecule has 0 heterocycles. The summed E-state index contributed by atoms with van der Waals surface area (Å²) in [6, 6.07) is 12.0. The van der Waals surface area contributed by atoms with Crippen molar-refractivity contribution < 1.29 is 27.5 Å². The van der Waals surface area contributed by atoms with E-state index >= 15 is 0 Å². The Balaban J connectivity index is 2.14. The molecule has 2 aromatic carbocycles. The Labute approximate surface area is 158 Å². The first-order chi connectivity index (χ1) is 13.3. The average molecular weight is 389 g/mol. The summed E-state index contributed by atoms with van der Waals surface area (Å²) in [7, 11) is 1.24. The summed E-state index contributed by atoms with van der Waals surface area (Å²) >= 11 is 0. The molecule has 0 aliphatic heterocycles. The molecule has 9 heteroatoms. The maximum atomic E-state index is 13.0. The van der Waals surface area contributed by atoms with Crippen LogP contribution in [0.1, 0.15) is 15.9 Å². The van der Waals surface area contributed by atoms with Crippen LogP contribution >= 0.6 is 0 Å². The molecule has 0 atom stereocenters. The van der Waals surface area contributed by atoms with Gasteiger partial charge in [0, 0.05) is 11.9 Å². The topological polar surface area (TPSA) is 91.2 Å². The van der Waals surface area contributed by atoms with E-state index in [1.807, 2.05) is 0 Å². The normalized spacial score (nSPS) is 11.3. The summed E-state index contributed by atoms with van der Waals surface area (Å²) < 4.78 is 43.5. The number of methoxy groups -OCH3 is 1. The van der Waals surface area contributed by atoms with Gasteiger partial charge in [0.2, 0.25) is 0 Å². The van der Waals surface area contributed by atoms with E-state index < -0.39 is 34.9 Å². The highest BCUT2D eigenvalue weighted by molar-refractivity contribution is 6.07. The molecule has 0 bridgehead atoms. The summed E-state index contributed by atoms with van der Waals surface area (Å²) in [4.78, 5) is 23.5. The van der Waals surface area contributed by atoms with E-state index in [0.717, 1.165) is 18.3 Å². The van der Waals surface area contributed by atoms with Crippen molar-refractivity contribution in [1.82, 2.24) is 0 Å². The Kier molecular flexibility index (Phi) is 6.39. The van der Waals surface area contributed by atoms with Crippen molar-refractivity contribution in [3.05, 3.63) is 71.4 Å². The van der Waals surface area contributed by atoms with Crippen molar-refractivity contribution in [3.63, 3.8) is 0 Å². The predicted molar refractivity (Wildman–Crippen MR) is 95.2 cm³/mol. The third-order valence-corrected chi connectivity index (χ3v) is 3.53. The number of hydrogen-bond acceptors (Lipinski definition) is 5. The van der Waals surface area contributed by atoms with Gasteiger partial charge in [0.1, 0.15) is 11.6 Å². The lowest BCUT2D eigenvalue weighted by Gasteiger charge is -2.13. The second-order valence-corrected chi connectivity index (χ2v) is 5.38. The van der Waals surface area contributed by atoms with Crippen molar-refractivity contribution in [3.8, 4) is 6.07 Å². The molecule has 0 spiro atoms. The minimum atomic E-state index is -4.65. The van der Waals surface area contributed by atoms with Gasteiger partial charge in [0.05, 0.1) is 23.9 Å². The van der Waals surface area contributed by atoms with Crippen molar-refractivity contribution in [2.75, 3.05) is 17.7 Å². The number of alkyl halides is 3. The van der Waals surface area contributed by atoms with Crippen LogP contribution in [0.25, 0.3) is 0 Å². The lowest BCUT2D eigenvalue weighted by Crippen LogP contribution is -2.18. The second kappa shape index (κ2) is 8.73. The van der Waals surface area contributed by atoms with Gasteiger partial charge < -0.3 is 15.4 Å². The summed E-state index contributed by atoms with van der Waals surface area (Å²) in [5, 5.41) is 13.9. The zero-order valence-electron chi connectivity index (χ0n) is 14.5. The Morgan fingerprint density at radius 1 is 1.11 bits per heavy atom. The minimum absolute atomic E-state index is 0.305. The average Bonchev–Trinajstić information content (AvgIpc) is 2.68. The molecule has 28 heavy (non-hydrogen) atoms. The first-order valence-corrected chi connectivity index (χ1v) is 7.79. The van der Waals surface area contributed by atoms with Crippen LogP contribution < -0.4 is 10.6 Å². The zero-order valence-corrected chi connectivity index (χ0v) is 14.5. The van der Waals surface area contributed by atoms with Crippen LogP contribution in [0.3, 0.4) is 0 Å². The van der Waals surface area contributed by atoms with Crippen LogP contribution in [0.15, 0.2) is 60.3 Å². The Hall–Kier alpha value is -3.80. The maximum absolute atomic E-state index is 13.0. The van der Waals surface area contributed by atoms with Crippen LogP contribution in [-0.2, 0) is 15.7 Å². The van der Waals surface area contributed by atoms with Crippen LogP contribution in [0.2, 0.25) is 0 Å². The van der Waals surface area contributed by atoms with Gasteiger partial charge in [0.25, 0.3) is 5.91 Å². The highest BCUT2D eigenvalue weighted by Crippen LogP contribution is 2.34. The monoisotopic (exact) mass is 389 g/mol. The smallest absolute Gasteiger partial charge is 0.418 e. The van der Waals surface area contributed by atoms with E-state index in [1.54, 1.807) is 6.07 Å². The van der Waals surface area contributed by atoms with Gasteiger partial charge in [0.15, 0.2) is 0 Å². The molecule has 2 N–H and O–H groups in total. The molecule has 1 amide bonds. The van der Waals surface area contributed by atoms with Gasteiger partial charge in [-0.2, -0.15) is 18.4 Å². The van der Waals surface area contributed by atoms with E-state index in [4.69, 9.17) is 5.26 Å². The van der Waals surface area contributed by atoms with E-state index in [9.17, 15) is 22.8 Å². The van der Waals surface area contributed by atoms with Gasteiger partial charge in [-0.3, -0.25) is 4.79 Å². The van der Waals surface area contributed by atoms with E-state index in [2.05, 4.69) is 15.4 Å². The highest BCUT2D eigenvalue weighted by atomic mass is 19.4. The fourth-order valence-electron chi connectivity index (χ4n) is 2.15. The first kappa shape index (κ1) is 20.5. The van der Waals surface area contributed by atoms with Gasteiger partial charge in [-0.15, -0.1) is 0 Å². The summed E-state index contributed by atoms with van der Waals surface area (Å²) in [6.45, 7) is 0. The first-order valence-electron chi connectivity index (χ1n) is 7.79. The lowest BCUT2D eigenvalue weighted by molar-refractivity contribution is -0.137. The van der Waals surface area contributed by atoms with Crippen LogP contribution in [0.5, 0.6) is 0 Å². The Bertz CT molecular complexity index is 945. The number of rotatable bonds is 5. The standard InChI is InChI=1S/C19H14F3N3O3/c1-28-18(27)12-6-8-14(9-7-12)24-11-13(10-23)17(26)25-16-5-3-2-4-15(16)19(20,21)22/h2-9,11,24H,1H3,(H,25,26)/b13-11-. The number of nitrogens with one attached hydrogen (secondary N) is 2. The van der Waals surface area contributed by atoms with Crippen molar-refractivity contribution >= 4 is 23.3 Å². The number of carbonyl (C=O) groups is 2. The van der Waals surface area contributed by atoms with Crippen molar-refractivity contribution in [1.29, 1.82) is 5.26 Å². The number of anilines is 2. The fraction of sp³-hybridized carbons (Fsp3) is 0.105. The largest absolute Gasteiger partial charge is 0.465 e. The lowest BCUT2D eigenvalue weighted by atomic mass is 10.1. The number of ether oxygens (including phenoxy) is 1. The molecular formula is C19H14F3N3O3. The molecule has 0 aliphatic carbocycles. The molecule has 0 saturated heterocycles. The minimum Gasteiger partial charge on any atom is -0.465 e. The molecular weight excluding hydrogens is 375 g/mol. The van der Waals surface area contributed by atoms with E-state index in [1.165, 1.54) is 43.5 Å². The molecule has 0 radical (unpaired) electrons. The van der Waals surface area contributed by atoms with Gasteiger partial charge in [-0.05, 0) is 36.4 Å². The predicted octanol–water partition coefficient (Wildman–Crippen LogP) is 3.95. The summed E-state index contributed by atoms with van der Waals surface area (Å²) in [6.07, 6.45) is -3.60. The summed E-state index contributed by atoms with van der Waals surface area (Å²) in [5.41, 5.74) is -1.16. The van der Waals surface area contributed by atoms with Gasteiger partial charge >= 0.3 is 12.1 Å². The van der Waals surface area contributed by atoms with Gasteiger partial charge in [-0.25, -0.2) is 4.79 Å². The number of hydrogen-bond donors (Lipinski definition) is 2. The van der Waals surface area contributed by atoms with Gasteiger partial charge in [-0.1, -0.05) is 12.1 Å². The number of amides is 1. The fourth-order valence-corrected chi connectivity index (χ4v) is 2.15. The molecule has 0 aliphatic rings. The number of nitrogens with zero attached hydrogens (tertiary/aromatic N) is 1. The molecule has 0 saturated carbocycles. The quantitative estimate of drug-likeness (QED) is 0.459. The van der Waals surface area contributed by atoms with Crippen LogP contribution in [-0.4, -0.2) is 19.0 Å². The molecule has 0 fully saturated rings. The van der Waals surface area contributed by atoms with Crippen LogP contribution in [0.4, 0.5) is 24.5 Å². The van der Waals surface area contributed by atoms with E-state index in [-0.39, 0.29) is 0 Å². The Morgan fingerprint density at radius 3 is 2.32 bits per heavy atom. The number of benzene rings is 2. The molecule has 0 aromatic heterocycles. The molecule has 2 aromatic rings. The maximum Gasteiger partial charge on any atom is 0.418 e. The molecule has 144 valence electrons. The third kappa shape index (κ3) is 5.11. The summed E-state index contributed by atoms with van der Waals surface area (Å²) in [5.74, 6) is -1.53. The molecule has 6 nitrogen and oxygen atoms in total. The van der Waals surface area contributed by atoms with Crippen molar-refractivity contribution in [2.45, 2.75) is 6.18 Å². The van der Waals surface area contributed by atoms with Crippen LogP contribution in [0, 0.1) is 11.3 Å². The number of carbonyl (C=O) groups excluding carboxylic acids is 2. The Morgan fingerprint density at radius 2 is 1.75 bits per heavy atom. The number of para-hydroxylation sites is 1. The number of halogens is 3. The molecule has 2 rings (SSSR count). The number of nitriles is 1. The second-order valence-electron chi connectivity index (χ2n) is 5.38. The molecule has 0 unspecified atom stereocenters. The number of esters is 1. The highest BCUT2D eigenvalue weighted by Gasteiger charge is 2.33. The zero-order chi connectivity index (χ0) is 20.7. The van der Waals surface area contributed by atoms with E-state index in [0.29, 0.717) is 11.3 Å². The van der Waals surface area contributed by atoms with Crippen molar-refractivity contribution in [2.24, 2.45) is 0 Å². The SMILES string of the molecule is COC(=O)c1ccc(N/C=C(/C#N)C(=O)Nc2ccccc2C(F)(F)F)cc1. The third-order valence-electron chi connectivity index (χ3n) is 3.53.